The van der Waals surface area contributed by atoms with Crippen molar-refractivity contribution in [2.45, 2.75) is 19.6 Å². The Morgan fingerprint density at radius 1 is 1.14 bits per heavy atom. The van der Waals surface area contributed by atoms with Gasteiger partial charge in [0, 0.05) is 28.2 Å². The van der Waals surface area contributed by atoms with Crippen LogP contribution in [0.5, 0.6) is 0 Å². The first kappa shape index (κ1) is 18.0. The Balaban J connectivity index is 1.67. The molecule has 4 aromatic rings. The summed E-state index contributed by atoms with van der Waals surface area (Å²) >= 11 is 0. The van der Waals surface area contributed by atoms with Crippen molar-refractivity contribution in [3.05, 3.63) is 71.7 Å². The molecule has 0 aliphatic carbocycles. The van der Waals surface area contributed by atoms with Crippen LogP contribution in [0.25, 0.3) is 22.3 Å². The minimum absolute atomic E-state index is 0.0647. The molecular formula is C20H14F3N3O2. The summed E-state index contributed by atoms with van der Waals surface area (Å²) in [5, 5.41) is 4.61. The Morgan fingerprint density at radius 3 is 2.68 bits per heavy atom. The van der Waals surface area contributed by atoms with Gasteiger partial charge in [0.1, 0.15) is 6.54 Å². The summed E-state index contributed by atoms with van der Waals surface area (Å²) < 4.78 is 45.7. The fraction of sp³-hybridized carbons (Fsp3) is 0.150. The number of hydrogen-bond donors (Lipinski definition) is 0. The van der Waals surface area contributed by atoms with Crippen molar-refractivity contribution in [2.75, 3.05) is 0 Å². The highest BCUT2D eigenvalue weighted by atomic mass is 19.4. The van der Waals surface area contributed by atoms with Crippen LogP contribution in [0, 0.1) is 0 Å². The number of halogens is 3. The lowest BCUT2D eigenvalue weighted by molar-refractivity contribution is -0.137. The topological polar surface area (TPSA) is 60.9 Å². The highest BCUT2D eigenvalue weighted by molar-refractivity contribution is 6.06. The summed E-state index contributed by atoms with van der Waals surface area (Å²) in [4.78, 5) is 16.1. The molecule has 2 heterocycles. The zero-order valence-corrected chi connectivity index (χ0v) is 14.7. The van der Waals surface area contributed by atoms with Gasteiger partial charge in [0.25, 0.3) is 0 Å². The van der Waals surface area contributed by atoms with Gasteiger partial charge in [-0.2, -0.15) is 18.2 Å². The Hall–Kier alpha value is -3.42. The van der Waals surface area contributed by atoms with E-state index < -0.39 is 11.7 Å². The predicted molar refractivity (Wildman–Crippen MR) is 95.8 cm³/mol. The number of rotatable bonds is 4. The van der Waals surface area contributed by atoms with Crippen LogP contribution in [0.15, 0.2) is 59.3 Å². The summed E-state index contributed by atoms with van der Waals surface area (Å²) in [7, 11) is 0. The number of aromatic nitrogens is 3. The molecule has 2 aromatic heterocycles. The molecule has 0 fully saturated rings. The van der Waals surface area contributed by atoms with Crippen molar-refractivity contribution in [3.63, 3.8) is 0 Å². The number of nitrogens with zero attached hydrogens (tertiary/aromatic N) is 3. The monoisotopic (exact) mass is 385 g/mol. The maximum atomic E-state index is 12.9. The normalized spacial score (nSPS) is 11.9. The zero-order valence-electron chi connectivity index (χ0n) is 14.7. The van der Waals surface area contributed by atoms with Gasteiger partial charge in [-0.25, -0.2) is 0 Å². The first-order chi connectivity index (χ1) is 13.3. The molecule has 28 heavy (non-hydrogen) atoms. The van der Waals surface area contributed by atoms with Gasteiger partial charge in [0.15, 0.2) is 5.78 Å². The van der Waals surface area contributed by atoms with Gasteiger partial charge in [-0.3, -0.25) is 4.79 Å². The van der Waals surface area contributed by atoms with Crippen LogP contribution in [0.4, 0.5) is 13.2 Å². The summed E-state index contributed by atoms with van der Waals surface area (Å²) in [6, 6.07) is 12.2. The fourth-order valence-electron chi connectivity index (χ4n) is 3.07. The molecule has 0 bridgehead atoms. The third kappa shape index (κ3) is 3.28. The zero-order chi connectivity index (χ0) is 19.9. The highest BCUT2D eigenvalue weighted by Gasteiger charge is 2.30. The molecule has 0 saturated heterocycles. The highest BCUT2D eigenvalue weighted by Crippen LogP contribution is 2.31. The average Bonchev–Trinajstić information content (AvgIpc) is 3.27. The van der Waals surface area contributed by atoms with Gasteiger partial charge in [0.2, 0.25) is 11.7 Å². The molecule has 0 saturated carbocycles. The van der Waals surface area contributed by atoms with Crippen molar-refractivity contribution in [1.82, 2.24) is 14.7 Å². The third-order valence-corrected chi connectivity index (χ3v) is 4.39. The SMILES string of the molecule is CC(=O)c1cn(Cc2nc(-c3cccc(C(F)(F)F)c3)no2)c2ccccc12. The van der Waals surface area contributed by atoms with Crippen LogP contribution in [-0.4, -0.2) is 20.5 Å². The molecule has 2 aromatic carbocycles. The maximum Gasteiger partial charge on any atom is 0.416 e. The van der Waals surface area contributed by atoms with Crippen molar-refractivity contribution in [1.29, 1.82) is 0 Å². The number of ketones is 1. The number of carbonyl (C=O) groups is 1. The van der Waals surface area contributed by atoms with Crippen LogP contribution >= 0.6 is 0 Å². The second kappa shape index (κ2) is 6.63. The lowest BCUT2D eigenvalue weighted by atomic mass is 10.1. The first-order valence-electron chi connectivity index (χ1n) is 8.42. The van der Waals surface area contributed by atoms with Gasteiger partial charge in [-0.05, 0) is 25.1 Å². The van der Waals surface area contributed by atoms with E-state index in [0.29, 0.717) is 5.56 Å². The van der Waals surface area contributed by atoms with E-state index in [1.807, 2.05) is 24.3 Å². The van der Waals surface area contributed by atoms with Crippen molar-refractivity contribution in [2.24, 2.45) is 0 Å². The largest absolute Gasteiger partial charge is 0.416 e. The van der Waals surface area contributed by atoms with E-state index >= 15 is 0 Å². The molecule has 0 aliphatic heterocycles. The first-order valence-corrected chi connectivity index (χ1v) is 8.42. The minimum atomic E-state index is -4.45. The van der Waals surface area contributed by atoms with E-state index in [4.69, 9.17) is 4.52 Å². The summed E-state index contributed by atoms with van der Waals surface area (Å²) in [6.45, 7) is 1.68. The maximum absolute atomic E-state index is 12.9. The number of benzene rings is 2. The number of fused-ring (bicyclic) bond motifs is 1. The molecule has 0 aliphatic rings. The molecule has 142 valence electrons. The van der Waals surface area contributed by atoms with E-state index in [-0.39, 0.29) is 29.6 Å². The van der Waals surface area contributed by atoms with Crippen LogP contribution < -0.4 is 0 Å². The van der Waals surface area contributed by atoms with Gasteiger partial charge < -0.3 is 9.09 Å². The molecule has 0 radical (unpaired) electrons. The van der Waals surface area contributed by atoms with Crippen LogP contribution in [-0.2, 0) is 12.7 Å². The van der Waals surface area contributed by atoms with Crippen LogP contribution in [0.3, 0.4) is 0 Å². The van der Waals surface area contributed by atoms with E-state index in [2.05, 4.69) is 10.1 Å². The van der Waals surface area contributed by atoms with E-state index in [1.54, 1.807) is 10.8 Å². The van der Waals surface area contributed by atoms with Crippen LogP contribution in [0.2, 0.25) is 0 Å². The fourth-order valence-corrected chi connectivity index (χ4v) is 3.07. The van der Waals surface area contributed by atoms with Gasteiger partial charge in [-0.15, -0.1) is 0 Å². The predicted octanol–water partition coefficient (Wildman–Crippen LogP) is 4.96. The number of alkyl halides is 3. The van der Waals surface area contributed by atoms with Crippen molar-refractivity contribution < 1.29 is 22.5 Å². The molecule has 5 nitrogen and oxygen atoms in total. The van der Waals surface area contributed by atoms with E-state index in [0.717, 1.165) is 23.0 Å². The number of Topliss-reactive ketones (excluding diaryl/α,β-unsaturated/α-hetero) is 1. The van der Waals surface area contributed by atoms with Crippen molar-refractivity contribution >= 4 is 16.7 Å². The summed E-state index contributed by atoms with van der Waals surface area (Å²) in [6.07, 6.45) is -2.74. The van der Waals surface area contributed by atoms with E-state index in [1.165, 1.54) is 19.1 Å². The Labute approximate surface area is 157 Å². The molecule has 0 spiro atoms. The number of hydrogen-bond acceptors (Lipinski definition) is 4. The Morgan fingerprint density at radius 2 is 1.93 bits per heavy atom. The van der Waals surface area contributed by atoms with Crippen molar-refractivity contribution in [3.8, 4) is 11.4 Å². The molecule has 0 N–H and O–H groups in total. The van der Waals surface area contributed by atoms with Gasteiger partial charge in [-0.1, -0.05) is 35.5 Å². The smallest absolute Gasteiger partial charge is 0.337 e. The standard InChI is InChI=1S/C20H14F3N3O2/c1-12(27)16-10-26(17-8-3-2-7-15(16)17)11-18-24-19(25-28-18)13-5-4-6-14(9-13)20(21,22)23/h2-10H,11H2,1H3. The molecule has 0 atom stereocenters. The van der Waals surface area contributed by atoms with E-state index in [9.17, 15) is 18.0 Å². The average molecular weight is 385 g/mol. The molecular weight excluding hydrogens is 371 g/mol. The summed E-state index contributed by atoms with van der Waals surface area (Å²) in [5.41, 5.74) is 0.838. The summed E-state index contributed by atoms with van der Waals surface area (Å²) in [5.74, 6) is 0.234. The minimum Gasteiger partial charge on any atom is -0.337 e. The Bertz CT molecular complexity index is 1170. The third-order valence-electron chi connectivity index (χ3n) is 4.39. The number of para-hydroxylation sites is 1. The second-order valence-electron chi connectivity index (χ2n) is 6.33. The quantitative estimate of drug-likeness (QED) is 0.466. The molecule has 0 unspecified atom stereocenters. The lowest BCUT2D eigenvalue weighted by Crippen LogP contribution is -2.04. The van der Waals surface area contributed by atoms with Crippen LogP contribution in [0.1, 0.15) is 28.7 Å². The van der Waals surface area contributed by atoms with Gasteiger partial charge in [0.05, 0.1) is 5.56 Å². The lowest BCUT2D eigenvalue weighted by Gasteiger charge is -2.06. The van der Waals surface area contributed by atoms with Gasteiger partial charge >= 0.3 is 6.18 Å². The molecule has 0 amide bonds. The molecule has 4 rings (SSSR count). The molecule has 8 heteroatoms. The second-order valence-corrected chi connectivity index (χ2v) is 6.33. The Kier molecular flexibility index (Phi) is 4.26. The number of carbonyl (C=O) groups excluding carboxylic acids is 1.